The summed E-state index contributed by atoms with van der Waals surface area (Å²) in [6.07, 6.45) is 1.06. The van der Waals surface area contributed by atoms with E-state index in [1.165, 1.54) is 19.8 Å². The Morgan fingerprint density at radius 2 is 1.67 bits per heavy atom. The summed E-state index contributed by atoms with van der Waals surface area (Å²) < 4.78 is 36.4. The molecule has 2 aromatic rings. The van der Waals surface area contributed by atoms with Gasteiger partial charge in [0.15, 0.2) is 0 Å². The van der Waals surface area contributed by atoms with Crippen molar-refractivity contribution in [2.75, 3.05) is 31.3 Å². The molecule has 0 heterocycles. The van der Waals surface area contributed by atoms with Gasteiger partial charge >= 0.3 is 0 Å². The Morgan fingerprint density at radius 3 is 2.23 bits per heavy atom. The van der Waals surface area contributed by atoms with Gasteiger partial charge in [0.2, 0.25) is 15.9 Å². The predicted octanol–water partition coefficient (Wildman–Crippen LogP) is 3.27. The van der Waals surface area contributed by atoms with Gasteiger partial charge in [-0.15, -0.1) is 0 Å². The monoisotopic (exact) mass is 434 g/mol. The van der Waals surface area contributed by atoms with Crippen molar-refractivity contribution in [1.29, 1.82) is 0 Å². The topological polar surface area (TPSA) is 84.9 Å². The molecule has 0 saturated carbocycles. The minimum Gasteiger partial charge on any atom is -0.497 e. The van der Waals surface area contributed by atoms with E-state index >= 15 is 0 Å². The van der Waals surface area contributed by atoms with Crippen LogP contribution in [0.4, 0.5) is 5.69 Å². The number of rotatable bonds is 8. The number of anilines is 1. The Bertz CT molecular complexity index is 1030. The lowest BCUT2D eigenvalue weighted by atomic mass is 9.96. The molecular formula is C22H30N2O5S. The zero-order chi connectivity index (χ0) is 22.6. The van der Waals surface area contributed by atoms with Gasteiger partial charge in [-0.3, -0.25) is 9.10 Å². The van der Waals surface area contributed by atoms with Crippen molar-refractivity contribution in [2.45, 2.75) is 33.7 Å². The number of methoxy groups -OCH3 is 2. The van der Waals surface area contributed by atoms with Crippen molar-refractivity contribution in [2.24, 2.45) is 0 Å². The van der Waals surface area contributed by atoms with Crippen LogP contribution in [0.1, 0.15) is 35.2 Å². The van der Waals surface area contributed by atoms with Crippen LogP contribution in [0, 0.1) is 20.8 Å². The summed E-state index contributed by atoms with van der Waals surface area (Å²) in [5.74, 6) is 0.404. The van der Waals surface area contributed by atoms with Crippen LogP contribution in [-0.2, 0) is 14.8 Å². The molecule has 0 spiro atoms. The number of aryl methyl sites for hydroxylation is 3. The summed E-state index contributed by atoms with van der Waals surface area (Å²) in [6, 6.07) is 8.62. The minimum atomic E-state index is -3.73. The molecule has 1 atom stereocenters. The van der Waals surface area contributed by atoms with Crippen molar-refractivity contribution in [3.63, 3.8) is 0 Å². The molecule has 164 valence electrons. The lowest BCUT2D eigenvalue weighted by molar-refractivity contribution is -0.120. The summed E-state index contributed by atoms with van der Waals surface area (Å²) >= 11 is 0. The highest BCUT2D eigenvalue weighted by molar-refractivity contribution is 7.92. The van der Waals surface area contributed by atoms with Gasteiger partial charge in [0.25, 0.3) is 0 Å². The Kier molecular flexibility index (Phi) is 7.36. The van der Waals surface area contributed by atoms with E-state index in [0.29, 0.717) is 11.5 Å². The first kappa shape index (κ1) is 23.5. The number of benzene rings is 2. The second kappa shape index (κ2) is 9.38. The number of sulfonamides is 1. The van der Waals surface area contributed by atoms with Crippen molar-refractivity contribution in [1.82, 2.24) is 5.32 Å². The summed E-state index contributed by atoms with van der Waals surface area (Å²) in [4.78, 5) is 12.8. The third-order valence-corrected chi connectivity index (χ3v) is 6.20. The maximum Gasteiger partial charge on any atom is 0.241 e. The van der Waals surface area contributed by atoms with Crippen LogP contribution < -0.4 is 19.1 Å². The van der Waals surface area contributed by atoms with Crippen molar-refractivity contribution >= 4 is 21.6 Å². The number of ether oxygens (including phenoxy) is 2. The van der Waals surface area contributed by atoms with Gasteiger partial charge in [0.05, 0.1) is 32.2 Å². The van der Waals surface area contributed by atoms with Gasteiger partial charge in [-0.2, -0.15) is 0 Å². The summed E-state index contributed by atoms with van der Waals surface area (Å²) in [5.41, 5.74) is 4.66. The molecule has 1 N–H and O–H groups in total. The van der Waals surface area contributed by atoms with Crippen LogP contribution >= 0.6 is 0 Å². The van der Waals surface area contributed by atoms with Crippen molar-refractivity contribution in [3.8, 4) is 11.5 Å². The average molecular weight is 435 g/mol. The van der Waals surface area contributed by atoms with Crippen LogP contribution in [0.3, 0.4) is 0 Å². The first-order valence-electron chi connectivity index (χ1n) is 9.54. The van der Waals surface area contributed by atoms with E-state index in [2.05, 4.69) is 17.4 Å². The first-order valence-corrected chi connectivity index (χ1v) is 11.4. The molecule has 0 aromatic heterocycles. The summed E-state index contributed by atoms with van der Waals surface area (Å²) in [5, 5.41) is 2.91. The van der Waals surface area contributed by atoms with Crippen LogP contribution in [0.2, 0.25) is 0 Å². The maximum atomic E-state index is 12.8. The number of amides is 1. The zero-order valence-corrected chi connectivity index (χ0v) is 19.4. The fourth-order valence-electron chi connectivity index (χ4n) is 3.32. The molecule has 0 unspecified atom stereocenters. The molecule has 0 aliphatic heterocycles. The molecule has 2 aromatic carbocycles. The maximum absolute atomic E-state index is 12.8. The average Bonchev–Trinajstić information content (AvgIpc) is 2.67. The smallest absolute Gasteiger partial charge is 0.241 e. The number of hydrogen-bond donors (Lipinski definition) is 1. The molecule has 7 nitrogen and oxygen atoms in total. The van der Waals surface area contributed by atoms with Gasteiger partial charge in [-0.05, 0) is 62.1 Å². The number of nitrogens with zero attached hydrogens (tertiary/aromatic N) is 1. The predicted molar refractivity (Wildman–Crippen MR) is 119 cm³/mol. The van der Waals surface area contributed by atoms with E-state index in [-0.39, 0.29) is 18.3 Å². The molecule has 1 amide bonds. The second-order valence-electron chi connectivity index (χ2n) is 7.39. The molecule has 0 radical (unpaired) electrons. The van der Waals surface area contributed by atoms with Gasteiger partial charge in [0, 0.05) is 6.07 Å². The standard InChI is InChI=1S/C22H30N2O5S/c1-14-10-16(3)19(11-15(14)2)17(4)23-22(25)13-24(30(7,26)27)20-9-8-18(28-5)12-21(20)29-6/h8-12,17H,13H2,1-7H3,(H,23,25)/t17-/m1/s1. The highest BCUT2D eigenvalue weighted by Gasteiger charge is 2.25. The lowest BCUT2D eigenvalue weighted by Gasteiger charge is -2.25. The molecule has 0 fully saturated rings. The first-order chi connectivity index (χ1) is 14.0. The van der Waals surface area contributed by atoms with E-state index in [1.54, 1.807) is 18.2 Å². The highest BCUT2D eigenvalue weighted by atomic mass is 32.2. The molecule has 0 aliphatic carbocycles. The SMILES string of the molecule is COc1ccc(N(CC(=O)N[C@H](C)c2cc(C)c(C)cc2C)S(C)(=O)=O)c(OC)c1. The molecule has 0 aliphatic rings. The fraction of sp³-hybridized carbons (Fsp3) is 0.409. The Balaban J connectivity index is 2.28. The largest absolute Gasteiger partial charge is 0.497 e. The van der Waals surface area contributed by atoms with Crippen LogP contribution in [0.15, 0.2) is 30.3 Å². The van der Waals surface area contributed by atoms with Crippen molar-refractivity contribution < 1.29 is 22.7 Å². The second-order valence-corrected chi connectivity index (χ2v) is 9.30. The highest BCUT2D eigenvalue weighted by Crippen LogP contribution is 2.33. The number of nitrogens with one attached hydrogen (secondary N) is 1. The fourth-order valence-corrected chi connectivity index (χ4v) is 4.18. The minimum absolute atomic E-state index is 0.268. The zero-order valence-electron chi connectivity index (χ0n) is 18.6. The van der Waals surface area contributed by atoms with E-state index in [4.69, 9.17) is 9.47 Å². The molecule has 8 heteroatoms. The number of hydrogen-bond acceptors (Lipinski definition) is 5. The van der Waals surface area contributed by atoms with Gasteiger partial charge in [0.1, 0.15) is 18.0 Å². The van der Waals surface area contributed by atoms with E-state index in [9.17, 15) is 13.2 Å². The van der Waals surface area contributed by atoms with E-state index < -0.39 is 15.9 Å². The lowest BCUT2D eigenvalue weighted by Crippen LogP contribution is -2.41. The molecule has 30 heavy (non-hydrogen) atoms. The molecule has 0 bridgehead atoms. The quantitative estimate of drug-likeness (QED) is 0.689. The van der Waals surface area contributed by atoms with Gasteiger partial charge in [-0.25, -0.2) is 8.42 Å². The van der Waals surface area contributed by atoms with Crippen LogP contribution in [0.25, 0.3) is 0 Å². The van der Waals surface area contributed by atoms with E-state index in [1.807, 2.05) is 27.7 Å². The molecule has 2 rings (SSSR count). The van der Waals surface area contributed by atoms with Gasteiger partial charge in [-0.1, -0.05) is 12.1 Å². The van der Waals surface area contributed by atoms with Crippen LogP contribution in [0.5, 0.6) is 11.5 Å². The summed E-state index contributed by atoms with van der Waals surface area (Å²) in [7, 11) is -0.794. The van der Waals surface area contributed by atoms with E-state index in [0.717, 1.165) is 27.3 Å². The molecule has 0 saturated heterocycles. The summed E-state index contributed by atoms with van der Waals surface area (Å²) in [6.45, 7) is 7.58. The van der Waals surface area contributed by atoms with Crippen LogP contribution in [-0.4, -0.2) is 41.3 Å². The number of carbonyl (C=O) groups is 1. The third kappa shape index (κ3) is 5.44. The van der Waals surface area contributed by atoms with Crippen molar-refractivity contribution in [3.05, 3.63) is 52.6 Å². The third-order valence-electron chi connectivity index (χ3n) is 5.07. The Labute approximate surface area is 179 Å². The number of carbonyl (C=O) groups excluding carboxylic acids is 1. The Hall–Kier alpha value is -2.74. The van der Waals surface area contributed by atoms with Gasteiger partial charge < -0.3 is 14.8 Å². The Morgan fingerprint density at radius 1 is 1.03 bits per heavy atom. The normalized spacial score (nSPS) is 12.2. The molecular weight excluding hydrogens is 404 g/mol.